The topological polar surface area (TPSA) is 23.8 Å². The number of halogens is 2. The maximum Gasteiger partial charge on any atom is 0.132 e. The molecular formula is C13H7ClFN. The van der Waals surface area contributed by atoms with Gasteiger partial charge in [0.1, 0.15) is 5.82 Å². The van der Waals surface area contributed by atoms with Gasteiger partial charge in [0.05, 0.1) is 11.6 Å². The van der Waals surface area contributed by atoms with E-state index in [2.05, 4.69) is 0 Å². The predicted octanol–water partition coefficient (Wildman–Crippen LogP) is 4.02. The van der Waals surface area contributed by atoms with E-state index in [4.69, 9.17) is 16.9 Å². The molecule has 0 fully saturated rings. The van der Waals surface area contributed by atoms with Gasteiger partial charge in [0.15, 0.2) is 0 Å². The number of rotatable bonds is 1. The zero-order valence-corrected chi connectivity index (χ0v) is 9.00. The van der Waals surface area contributed by atoms with E-state index >= 15 is 0 Å². The van der Waals surface area contributed by atoms with Gasteiger partial charge in [-0.25, -0.2) is 4.39 Å². The van der Waals surface area contributed by atoms with E-state index in [9.17, 15) is 4.39 Å². The van der Waals surface area contributed by atoms with Crippen molar-refractivity contribution in [2.75, 3.05) is 0 Å². The molecule has 2 aromatic rings. The summed E-state index contributed by atoms with van der Waals surface area (Å²) < 4.78 is 13.7. The van der Waals surface area contributed by atoms with Crippen molar-refractivity contribution >= 4 is 11.6 Å². The van der Waals surface area contributed by atoms with Gasteiger partial charge in [-0.1, -0.05) is 35.9 Å². The molecule has 0 atom stereocenters. The van der Waals surface area contributed by atoms with Gasteiger partial charge in [0, 0.05) is 16.1 Å². The van der Waals surface area contributed by atoms with Crippen molar-refractivity contribution in [2.24, 2.45) is 0 Å². The third-order valence-corrected chi connectivity index (χ3v) is 2.59. The third kappa shape index (κ3) is 1.91. The largest absolute Gasteiger partial charge is 0.206 e. The molecule has 16 heavy (non-hydrogen) atoms. The van der Waals surface area contributed by atoms with Crippen LogP contribution in [0.25, 0.3) is 11.1 Å². The van der Waals surface area contributed by atoms with Crippen LogP contribution in [0.15, 0.2) is 42.5 Å². The molecule has 0 aliphatic rings. The Bertz CT molecular complexity index is 572. The number of hydrogen-bond donors (Lipinski definition) is 0. The van der Waals surface area contributed by atoms with Crippen molar-refractivity contribution in [3.8, 4) is 17.2 Å². The first kappa shape index (κ1) is 10.7. The van der Waals surface area contributed by atoms with Crippen LogP contribution in [-0.4, -0.2) is 0 Å². The molecule has 2 rings (SSSR count). The Hall–Kier alpha value is -1.85. The van der Waals surface area contributed by atoms with Gasteiger partial charge < -0.3 is 0 Å². The molecule has 0 radical (unpaired) electrons. The molecule has 0 aliphatic carbocycles. The highest BCUT2D eigenvalue weighted by atomic mass is 35.5. The molecule has 0 aromatic heterocycles. The highest BCUT2D eigenvalue weighted by Gasteiger charge is 2.08. The Morgan fingerprint density at radius 3 is 2.44 bits per heavy atom. The molecule has 1 nitrogen and oxygen atoms in total. The van der Waals surface area contributed by atoms with E-state index in [1.54, 1.807) is 36.4 Å². The fourth-order valence-electron chi connectivity index (χ4n) is 1.48. The minimum absolute atomic E-state index is 0.299. The Morgan fingerprint density at radius 2 is 1.81 bits per heavy atom. The quantitative estimate of drug-likeness (QED) is 0.727. The summed E-state index contributed by atoms with van der Waals surface area (Å²) in [6.45, 7) is 0. The maximum atomic E-state index is 13.7. The van der Waals surface area contributed by atoms with Crippen LogP contribution >= 0.6 is 11.6 Å². The van der Waals surface area contributed by atoms with Gasteiger partial charge >= 0.3 is 0 Å². The fraction of sp³-hybridized carbons (Fsp3) is 0. The summed E-state index contributed by atoms with van der Waals surface area (Å²) in [5.41, 5.74) is 1.34. The summed E-state index contributed by atoms with van der Waals surface area (Å²) in [4.78, 5) is 0. The molecule has 0 N–H and O–H groups in total. The van der Waals surface area contributed by atoms with E-state index in [1.165, 1.54) is 6.07 Å². The van der Waals surface area contributed by atoms with Crippen molar-refractivity contribution in [2.45, 2.75) is 0 Å². The first-order chi connectivity index (χ1) is 7.72. The number of nitrogens with zero attached hydrogens (tertiary/aromatic N) is 1. The SMILES string of the molecule is N#Cc1ccc(-c2ccccc2Cl)c(F)c1. The summed E-state index contributed by atoms with van der Waals surface area (Å²) in [5.74, 6) is -0.438. The van der Waals surface area contributed by atoms with E-state index < -0.39 is 5.82 Å². The molecule has 0 saturated heterocycles. The van der Waals surface area contributed by atoms with Crippen LogP contribution in [0.1, 0.15) is 5.56 Å². The van der Waals surface area contributed by atoms with Crippen LogP contribution in [0.2, 0.25) is 5.02 Å². The molecule has 2 aromatic carbocycles. The maximum absolute atomic E-state index is 13.7. The van der Waals surface area contributed by atoms with E-state index in [0.29, 0.717) is 21.7 Å². The lowest BCUT2D eigenvalue weighted by Crippen LogP contribution is -1.86. The standard InChI is InChI=1S/C13H7ClFN/c14-12-4-2-1-3-10(12)11-6-5-9(8-16)7-13(11)15/h1-7H. The lowest BCUT2D eigenvalue weighted by molar-refractivity contribution is 0.631. The lowest BCUT2D eigenvalue weighted by Gasteiger charge is -2.05. The Morgan fingerprint density at radius 1 is 1.06 bits per heavy atom. The minimum Gasteiger partial charge on any atom is -0.206 e. The molecule has 0 amide bonds. The Kier molecular flexibility index (Phi) is 2.89. The normalized spacial score (nSPS) is 9.81. The van der Waals surface area contributed by atoms with E-state index in [-0.39, 0.29) is 0 Å². The first-order valence-corrected chi connectivity index (χ1v) is 5.04. The summed E-state index contributed by atoms with van der Waals surface area (Å²) >= 11 is 5.97. The summed E-state index contributed by atoms with van der Waals surface area (Å²) in [6.07, 6.45) is 0. The molecule has 0 bridgehead atoms. The van der Waals surface area contributed by atoms with Gasteiger partial charge in [-0.2, -0.15) is 5.26 Å². The van der Waals surface area contributed by atoms with Crippen LogP contribution < -0.4 is 0 Å². The Labute approximate surface area is 97.7 Å². The van der Waals surface area contributed by atoms with Gasteiger partial charge in [-0.05, 0) is 18.2 Å². The second-order valence-corrected chi connectivity index (χ2v) is 3.69. The van der Waals surface area contributed by atoms with Crippen LogP contribution in [0.3, 0.4) is 0 Å². The molecule has 0 unspecified atom stereocenters. The second-order valence-electron chi connectivity index (χ2n) is 3.29. The third-order valence-electron chi connectivity index (χ3n) is 2.26. The summed E-state index contributed by atoms with van der Waals surface area (Å²) in [5, 5.41) is 9.13. The minimum atomic E-state index is -0.438. The smallest absolute Gasteiger partial charge is 0.132 e. The van der Waals surface area contributed by atoms with Crippen LogP contribution in [0, 0.1) is 17.1 Å². The summed E-state index contributed by atoms with van der Waals surface area (Å²) in [7, 11) is 0. The molecule has 0 aliphatic heterocycles. The molecule has 0 saturated carbocycles. The van der Waals surface area contributed by atoms with E-state index in [0.717, 1.165) is 0 Å². The van der Waals surface area contributed by atoms with Crippen molar-refractivity contribution in [3.05, 3.63) is 58.9 Å². The molecule has 3 heteroatoms. The molecule has 0 spiro atoms. The van der Waals surface area contributed by atoms with Gasteiger partial charge in [-0.3, -0.25) is 0 Å². The first-order valence-electron chi connectivity index (χ1n) is 4.67. The van der Waals surface area contributed by atoms with Crippen molar-refractivity contribution < 1.29 is 4.39 Å². The molecular weight excluding hydrogens is 225 g/mol. The second kappa shape index (κ2) is 4.34. The molecule has 78 valence electrons. The predicted molar refractivity (Wildman–Crippen MR) is 61.6 cm³/mol. The van der Waals surface area contributed by atoms with E-state index in [1.807, 2.05) is 6.07 Å². The van der Waals surface area contributed by atoms with Crippen molar-refractivity contribution in [3.63, 3.8) is 0 Å². The summed E-state index contributed by atoms with van der Waals surface area (Å²) in [6, 6.07) is 13.3. The average molecular weight is 232 g/mol. The van der Waals surface area contributed by atoms with Crippen molar-refractivity contribution in [1.29, 1.82) is 5.26 Å². The number of hydrogen-bond acceptors (Lipinski definition) is 1. The lowest BCUT2D eigenvalue weighted by atomic mass is 10.0. The fourth-order valence-corrected chi connectivity index (χ4v) is 1.72. The van der Waals surface area contributed by atoms with Crippen LogP contribution in [-0.2, 0) is 0 Å². The highest BCUT2D eigenvalue weighted by molar-refractivity contribution is 6.33. The zero-order chi connectivity index (χ0) is 11.5. The van der Waals surface area contributed by atoms with Gasteiger partial charge in [-0.15, -0.1) is 0 Å². The molecule has 0 heterocycles. The Balaban J connectivity index is 2.58. The van der Waals surface area contributed by atoms with Crippen LogP contribution in [0.5, 0.6) is 0 Å². The van der Waals surface area contributed by atoms with Crippen molar-refractivity contribution in [1.82, 2.24) is 0 Å². The zero-order valence-electron chi connectivity index (χ0n) is 8.24. The average Bonchev–Trinajstić information content (AvgIpc) is 2.30. The van der Waals surface area contributed by atoms with Crippen LogP contribution in [0.4, 0.5) is 4.39 Å². The van der Waals surface area contributed by atoms with Gasteiger partial charge in [0.2, 0.25) is 0 Å². The number of nitriles is 1. The monoisotopic (exact) mass is 231 g/mol. The van der Waals surface area contributed by atoms with Gasteiger partial charge in [0.25, 0.3) is 0 Å². The number of benzene rings is 2. The highest BCUT2D eigenvalue weighted by Crippen LogP contribution is 2.29.